The first-order chi connectivity index (χ1) is 13.1. The van der Waals surface area contributed by atoms with Crippen LogP contribution in [-0.4, -0.2) is 35.8 Å². The summed E-state index contributed by atoms with van der Waals surface area (Å²) in [6, 6.07) is 17.8. The molecule has 0 saturated carbocycles. The van der Waals surface area contributed by atoms with E-state index in [4.69, 9.17) is 11.6 Å². The lowest BCUT2D eigenvalue weighted by atomic mass is 10.2. The van der Waals surface area contributed by atoms with E-state index in [0.717, 1.165) is 18.5 Å². The highest BCUT2D eigenvalue weighted by atomic mass is 35.5. The second-order valence-corrected chi connectivity index (χ2v) is 6.79. The summed E-state index contributed by atoms with van der Waals surface area (Å²) in [6.07, 6.45) is 4.20. The van der Waals surface area contributed by atoms with E-state index in [-0.39, 0.29) is 5.91 Å². The fraction of sp³-hybridized carbons (Fsp3) is 0.238. The van der Waals surface area contributed by atoms with Gasteiger partial charge in [-0.2, -0.15) is 5.10 Å². The van der Waals surface area contributed by atoms with Gasteiger partial charge < -0.3 is 10.2 Å². The number of nitrogens with one attached hydrogen (secondary N) is 1. The maximum Gasteiger partial charge on any atom is 0.254 e. The summed E-state index contributed by atoms with van der Waals surface area (Å²) in [6.45, 7) is 2.02. The Kier molecular flexibility index (Phi) is 6.49. The normalized spacial score (nSPS) is 10.6. The second kappa shape index (κ2) is 9.24. The van der Waals surface area contributed by atoms with E-state index in [1.165, 1.54) is 5.69 Å². The zero-order valence-corrected chi connectivity index (χ0v) is 16.1. The second-order valence-electron chi connectivity index (χ2n) is 6.38. The van der Waals surface area contributed by atoms with Gasteiger partial charge in [-0.15, -0.1) is 0 Å². The van der Waals surface area contributed by atoms with Gasteiger partial charge in [-0.1, -0.05) is 48.0 Å². The predicted octanol–water partition coefficient (Wildman–Crippen LogP) is 3.84. The average molecular weight is 383 g/mol. The molecular formula is C21H23ClN4O. The Morgan fingerprint density at radius 1 is 1.15 bits per heavy atom. The molecule has 3 rings (SSSR count). The van der Waals surface area contributed by atoms with Gasteiger partial charge in [0.1, 0.15) is 0 Å². The molecule has 1 amide bonds. The first kappa shape index (κ1) is 19.0. The highest BCUT2D eigenvalue weighted by Gasteiger charge is 2.09. The highest BCUT2D eigenvalue weighted by Crippen LogP contribution is 2.16. The van der Waals surface area contributed by atoms with Crippen molar-refractivity contribution in [3.05, 3.63) is 83.1 Å². The number of aromatic nitrogens is 2. The van der Waals surface area contributed by atoms with Crippen molar-refractivity contribution in [2.24, 2.45) is 0 Å². The summed E-state index contributed by atoms with van der Waals surface area (Å²) in [7, 11) is 2.05. The van der Waals surface area contributed by atoms with Crippen molar-refractivity contribution in [1.82, 2.24) is 15.1 Å². The number of para-hydroxylation sites is 1. The van der Waals surface area contributed by atoms with Crippen molar-refractivity contribution in [3.8, 4) is 0 Å². The van der Waals surface area contributed by atoms with E-state index >= 15 is 0 Å². The van der Waals surface area contributed by atoms with Gasteiger partial charge in [-0.05, 0) is 30.2 Å². The van der Waals surface area contributed by atoms with Crippen molar-refractivity contribution in [2.45, 2.75) is 13.0 Å². The monoisotopic (exact) mass is 382 g/mol. The minimum absolute atomic E-state index is 0.109. The van der Waals surface area contributed by atoms with Gasteiger partial charge >= 0.3 is 0 Å². The van der Waals surface area contributed by atoms with Gasteiger partial charge in [0.25, 0.3) is 5.91 Å². The molecule has 1 N–H and O–H groups in total. The Labute approximate surface area is 164 Å². The third-order valence-corrected chi connectivity index (χ3v) is 4.71. The number of benzene rings is 2. The largest absolute Gasteiger partial charge is 0.375 e. The lowest BCUT2D eigenvalue weighted by Gasteiger charge is -2.19. The van der Waals surface area contributed by atoms with Gasteiger partial charge in [0.2, 0.25) is 0 Å². The molecule has 27 heavy (non-hydrogen) atoms. The van der Waals surface area contributed by atoms with Crippen molar-refractivity contribution in [1.29, 1.82) is 0 Å². The topological polar surface area (TPSA) is 50.2 Å². The zero-order chi connectivity index (χ0) is 19.1. The van der Waals surface area contributed by atoms with Crippen molar-refractivity contribution >= 4 is 23.2 Å². The van der Waals surface area contributed by atoms with Crippen molar-refractivity contribution in [2.75, 3.05) is 25.0 Å². The van der Waals surface area contributed by atoms with Gasteiger partial charge in [-0.25, -0.2) is 0 Å². The van der Waals surface area contributed by atoms with E-state index in [9.17, 15) is 4.79 Å². The molecule has 0 saturated heterocycles. The first-order valence-electron chi connectivity index (χ1n) is 8.94. The summed E-state index contributed by atoms with van der Waals surface area (Å²) in [5, 5.41) is 7.90. The van der Waals surface area contributed by atoms with Gasteiger partial charge in [0, 0.05) is 37.0 Å². The number of carbonyl (C=O) groups is 1. The van der Waals surface area contributed by atoms with Crippen LogP contribution >= 0.6 is 11.6 Å². The van der Waals surface area contributed by atoms with Crippen LogP contribution in [0.2, 0.25) is 5.02 Å². The predicted molar refractivity (Wildman–Crippen MR) is 109 cm³/mol. The molecule has 0 spiro atoms. The molecule has 2 aromatic carbocycles. The summed E-state index contributed by atoms with van der Waals surface area (Å²) in [5.74, 6) is -0.109. The van der Waals surface area contributed by atoms with E-state index in [1.54, 1.807) is 17.1 Å². The third-order valence-electron chi connectivity index (χ3n) is 4.34. The molecule has 6 heteroatoms. The molecule has 0 radical (unpaired) electrons. The Balaban J connectivity index is 1.45. The van der Waals surface area contributed by atoms with Crippen LogP contribution in [0.5, 0.6) is 0 Å². The SMILES string of the molecule is CN(CCCNC(=O)c1cnn(Cc2ccccc2Cl)c1)c1ccccc1. The van der Waals surface area contributed by atoms with Crippen molar-refractivity contribution in [3.63, 3.8) is 0 Å². The van der Waals surface area contributed by atoms with E-state index in [2.05, 4.69) is 34.5 Å². The molecule has 5 nitrogen and oxygen atoms in total. The smallest absolute Gasteiger partial charge is 0.254 e. The van der Waals surface area contributed by atoms with E-state index < -0.39 is 0 Å². The van der Waals surface area contributed by atoms with Crippen LogP contribution < -0.4 is 10.2 Å². The average Bonchev–Trinajstić information content (AvgIpc) is 3.16. The van der Waals surface area contributed by atoms with Gasteiger partial charge in [0.15, 0.2) is 0 Å². The molecular weight excluding hydrogens is 360 g/mol. The maximum absolute atomic E-state index is 12.3. The number of hydrogen-bond acceptors (Lipinski definition) is 3. The summed E-state index contributed by atoms with van der Waals surface area (Å²) in [4.78, 5) is 14.5. The lowest BCUT2D eigenvalue weighted by molar-refractivity contribution is 0.0953. The Morgan fingerprint density at radius 3 is 2.67 bits per heavy atom. The Hall–Kier alpha value is -2.79. The van der Waals surface area contributed by atoms with Crippen molar-refractivity contribution < 1.29 is 4.79 Å². The number of hydrogen-bond donors (Lipinski definition) is 1. The molecule has 0 aliphatic carbocycles. The summed E-state index contributed by atoms with van der Waals surface area (Å²) in [5.41, 5.74) is 2.70. The summed E-state index contributed by atoms with van der Waals surface area (Å²) >= 11 is 6.17. The first-order valence-corrected chi connectivity index (χ1v) is 9.31. The van der Waals surface area contributed by atoms with Gasteiger partial charge in [-0.3, -0.25) is 9.48 Å². The number of carbonyl (C=O) groups excluding carboxylic acids is 1. The fourth-order valence-electron chi connectivity index (χ4n) is 2.80. The zero-order valence-electron chi connectivity index (χ0n) is 15.3. The Morgan fingerprint density at radius 2 is 1.89 bits per heavy atom. The number of anilines is 1. The van der Waals surface area contributed by atoms with E-state index in [1.807, 2.05) is 42.5 Å². The highest BCUT2D eigenvalue weighted by molar-refractivity contribution is 6.31. The van der Waals surface area contributed by atoms with Crippen LogP contribution in [0.25, 0.3) is 0 Å². The number of nitrogens with zero attached hydrogens (tertiary/aromatic N) is 3. The number of rotatable bonds is 8. The minimum atomic E-state index is -0.109. The molecule has 0 fully saturated rings. The van der Waals surface area contributed by atoms with Gasteiger partial charge in [0.05, 0.1) is 18.3 Å². The van der Waals surface area contributed by atoms with Crippen LogP contribution in [0.4, 0.5) is 5.69 Å². The van der Waals surface area contributed by atoms with Crippen LogP contribution in [0.3, 0.4) is 0 Å². The molecule has 0 bridgehead atoms. The van der Waals surface area contributed by atoms with Crippen LogP contribution in [-0.2, 0) is 6.54 Å². The molecule has 0 aliphatic rings. The molecule has 0 aliphatic heterocycles. The number of amides is 1. The fourth-order valence-corrected chi connectivity index (χ4v) is 3.00. The third kappa shape index (κ3) is 5.34. The Bertz CT molecular complexity index is 879. The summed E-state index contributed by atoms with van der Waals surface area (Å²) < 4.78 is 1.72. The number of halogens is 1. The maximum atomic E-state index is 12.3. The quantitative estimate of drug-likeness (QED) is 0.602. The van der Waals surface area contributed by atoms with Crippen LogP contribution in [0, 0.1) is 0 Å². The standard InChI is InChI=1S/C21H23ClN4O/c1-25(19-9-3-2-4-10-19)13-7-12-23-21(27)18-14-24-26(16-18)15-17-8-5-6-11-20(17)22/h2-6,8-11,14,16H,7,12-13,15H2,1H3,(H,23,27). The molecule has 3 aromatic rings. The van der Waals surface area contributed by atoms with Crippen LogP contribution in [0.15, 0.2) is 67.0 Å². The molecule has 1 aromatic heterocycles. The lowest BCUT2D eigenvalue weighted by Crippen LogP contribution is -2.28. The van der Waals surface area contributed by atoms with E-state index in [0.29, 0.717) is 23.7 Å². The molecule has 0 unspecified atom stereocenters. The van der Waals surface area contributed by atoms with Crippen LogP contribution in [0.1, 0.15) is 22.3 Å². The molecule has 140 valence electrons. The molecule has 0 atom stereocenters. The minimum Gasteiger partial charge on any atom is -0.375 e. The molecule has 1 heterocycles.